The van der Waals surface area contributed by atoms with Crippen LogP contribution in [0.1, 0.15) is 32.3 Å². The molecule has 1 heterocycles. The molecule has 0 amide bonds. The maximum atomic E-state index is 6.32. The smallest absolute Gasteiger partial charge is 0.0637 e. The molecule has 1 N–H and O–H groups in total. The van der Waals surface area contributed by atoms with Crippen LogP contribution in [0.5, 0.6) is 0 Å². The highest BCUT2D eigenvalue weighted by Crippen LogP contribution is 2.27. The molecular weight excluding hydrogens is 291 g/mol. The molecule has 20 heavy (non-hydrogen) atoms. The van der Waals surface area contributed by atoms with Crippen LogP contribution in [0.3, 0.4) is 0 Å². The SMILES string of the molecule is CC(C)CN(Cc1cccc(Cl)c1Cl)CC1CCCN1. The van der Waals surface area contributed by atoms with Crippen molar-refractivity contribution < 1.29 is 0 Å². The van der Waals surface area contributed by atoms with E-state index in [1.807, 2.05) is 12.1 Å². The molecule has 2 rings (SSSR count). The van der Waals surface area contributed by atoms with Gasteiger partial charge in [0.25, 0.3) is 0 Å². The Hall–Kier alpha value is -0.280. The molecule has 0 saturated carbocycles. The fourth-order valence-electron chi connectivity index (χ4n) is 2.86. The molecule has 1 aliphatic rings. The predicted molar refractivity (Wildman–Crippen MR) is 87.6 cm³/mol. The first-order valence-corrected chi connectivity index (χ1v) is 8.20. The third kappa shape index (κ3) is 4.63. The molecule has 1 aliphatic heterocycles. The van der Waals surface area contributed by atoms with Crippen LogP contribution in [0.4, 0.5) is 0 Å². The first-order chi connectivity index (χ1) is 9.56. The van der Waals surface area contributed by atoms with E-state index in [-0.39, 0.29) is 0 Å². The largest absolute Gasteiger partial charge is 0.313 e. The van der Waals surface area contributed by atoms with E-state index in [4.69, 9.17) is 23.2 Å². The molecule has 0 bridgehead atoms. The second-order valence-corrected chi connectivity index (χ2v) is 6.88. The van der Waals surface area contributed by atoms with Gasteiger partial charge in [-0.05, 0) is 36.9 Å². The molecule has 1 unspecified atom stereocenters. The molecule has 0 aliphatic carbocycles. The molecule has 2 nitrogen and oxygen atoms in total. The Morgan fingerprint density at radius 3 is 2.80 bits per heavy atom. The zero-order valence-electron chi connectivity index (χ0n) is 12.3. The third-order valence-corrected chi connectivity index (χ3v) is 4.55. The Morgan fingerprint density at radius 2 is 2.15 bits per heavy atom. The van der Waals surface area contributed by atoms with Gasteiger partial charge in [-0.1, -0.05) is 49.2 Å². The van der Waals surface area contributed by atoms with E-state index >= 15 is 0 Å². The fraction of sp³-hybridized carbons (Fsp3) is 0.625. The van der Waals surface area contributed by atoms with Crippen LogP contribution in [0, 0.1) is 5.92 Å². The summed E-state index contributed by atoms with van der Waals surface area (Å²) >= 11 is 12.4. The molecule has 0 spiro atoms. The Labute approximate surface area is 132 Å². The highest BCUT2D eigenvalue weighted by molar-refractivity contribution is 6.42. The lowest BCUT2D eigenvalue weighted by Crippen LogP contribution is -2.39. The van der Waals surface area contributed by atoms with Crippen LogP contribution in [-0.2, 0) is 6.54 Å². The summed E-state index contributed by atoms with van der Waals surface area (Å²) in [6.07, 6.45) is 2.57. The number of hydrogen-bond acceptors (Lipinski definition) is 2. The molecule has 1 aromatic carbocycles. The van der Waals surface area contributed by atoms with Crippen molar-refractivity contribution in [1.29, 1.82) is 0 Å². The van der Waals surface area contributed by atoms with Crippen LogP contribution in [0.15, 0.2) is 18.2 Å². The molecule has 0 aromatic heterocycles. The number of nitrogens with one attached hydrogen (secondary N) is 1. The van der Waals surface area contributed by atoms with Crippen molar-refractivity contribution in [2.75, 3.05) is 19.6 Å². The van der Waals surface area contributed by atoms with Gasteiger partial charge in [0.05, 0.1) is 10.0 Å². The van der Waals surface area contributed by atoms with Crippen molar-refractivity contribution in [3.63, 3.8) is 0 Å². The minimum absolute atomic E-state index is 0.617. The average Bonchev–Trinajstić information content (AvgIpc) is 2.87. The normalized spacial score (nSPS) is 19.2. The Balaban J connectivity index is 2.03. The summed E-state index contributed by atoms with van der Waals surface area (Å²) in [5, 5.41) is 4.91. The monoisotopic (exact) mass is 314 g/mol. The van der Waals surface area contributed by atoms with Gasteiger partial charge < -0.3 is 5.32 Å². The molecule has 0 radical (unpaired) electrons. The molecule has 1 fully saturated rings. The number of hydrogen-bond donors (Lipinski definition) is 1. The van der Waals surface area contributed by atoms with Crippen molar-refractivity contribution >= 4 is 23.2 Å². The summed E-state index contributed by atoms with van der Waals surface area (Å²) in [4.78, 5) is 2.49. The van der Waals surface area contributed by atoms with Gasteiger partial charge in [0.15, 0.2) is 0 Å². The van der Waals surface area contributed by atoms with Gasteiger partial charge >= 0.3 is 0 Å². The summed E-state index contributed by atoms with van der Waals surface area (Å²) in [5.41, 5.74) is 1.12. The van der Waals surface area contributed by atoms with Crippen molar-refractivity contribution in [1.82, 2.24) is 10.2 Å². The summed E-state index contributed by atoms with van der Waals surface area (Å²) in [5.74, 6) is 0.648. The van der Waals surface area contributed by atoms with Gasteiger partial charge in [-0.25, -0.2) is 0 Å². The average molecular weight is 315 g/mol. The highest BCUT2D eigenvalue weighted by atomic mass is 35.5. The van der Waals surface area contributed by atoms with Crippen molar-refractivity contribution in [2.24, 2.45) is 5.92 Å². The summed E-state index contributed by atoms with van der Waals surface area (Å²) in [7, 11) is 0. The Morgan fingerprint density at radius 1 is 1.35 bits per heavy atom. The van der Waals surface area contributed by atoms with Crippen molar-refractivity contribution in [3.8, 4) is 0 Å². The third-order valence-electron chi connectivity index (χ3n) is 3.69. The zero-order chi connectivity index (χ0) is 14.5. The quantitative estimate of drug-likeness (QED) is 0.846. The predicted octanol–water partition coefficient (Wildman–Crippen LogP) is 4.20. The number of rotatable bonds is 6. The highest BCUT2D eigenvalue weighted by Gasteiger charge is 2.19. The summed E-state index contributed by atoms with van der Waals surface area (Å²) in [6.45, 7) is 8.71. The van der Waals surface area contributed by atoms with Crippen LogP contribution < -0.4 is 5.32 Å². The van der Waals surface area contributed by atoms with Gasteiger partial charge in [-0.15, -0.1) is 0 Å². The second-order valence-electron chi connectivity index (χ2n) is 6.09. The molecule has 1 aromatic rings. The fourth-order valence-corrected chi connectivity index (χ4v) is 3.24. The standard InChI is InChI=1S/C16H24Cl2N2/c1-12(2)9-20(11-14-6-4-8-19-14)10-13-5-3-7-15(17)16(13)18/h3,5,7,12,14,19H,4,6,8-11H2,1-2H3. The lowest BCUT2D eigenvalue weighted by molar-refractivity contribution is 0.216. The van der Waals surface area contributed by atoms with E-state index in [0.29, 0.717) is 22.0 Å². The van der Waals surface area contributed by atoms with E-state index < -0.39 is 0 Å². The molecule has 1 atom stereocenters. The summed E-state index contributed by atoms with van der Waals surface area (Å²) in [6, 6.07) is 6.51. The number of nitrogens with zero attached hydrogens (tertiary/aromatic N) is 1. The van der Waals surface area contributed by atoms with Gasteiger partial charge in [0, 0.05) is 25.7 Å². The molecule has 4 heteroatoms. The Kier molecular flexibility index (Phi) is 6.16. The minimum atomic E-state index is 0.617. The topological polar surface area (TPSA) is 15.3 Å². The lowest BCUT2D eigenvalue weighted by Gasteiger charge is -2.27. The summed E-state index contributed by atoms with van der Waals surface area (Å²) < 4.78 is 0. The van der Waals surface area contributed by atoms with E-state index in [0.717, 1.165) is 31.7 Å². The zero-order valence-corrected chi connectivity index (χ0v) is 13.8. The number of halogens is 2. The first-order valence-electron chi connectivity index (χ1n) is 7.45. The molecule has 1 saturated heterocycles. The second kappa shape index (κ2) is 7.65. The van der Waals surface area contributed by atoms with E-state index in [2.05, 4.69) is 30.1 Å². The first kappa shape index (κ1) is 16.1. The van der Waals surface area contributed by atoms with Crippen LogP contribution in [0.25, 0.3) is 0 Å². The molecule has 112 valence electrons. The van der Waals surface area contributed by atoms with Crippen molar-refractivity contribution in [2.45, 2.75) is 39.3 Å². The Bertz CT molecular complexity index is 428. The van der Waals surface area contributed by atoms with Crippen LogP contribution >= 0.6 is 23.2 Å². The van der Waals surface area contributed by atoms with E-state index in [1.54, 1.807) is 0 Å². The van der Waals surface area contributed by atoms with Gasteiger partial charge in [0.2, 0.25) is 0 Å². The minimum Gasteiger partial charge on any atom is -0.313 e. The maximum absolute atomic E-state index is 6.32. The van der Waals surface area contributed by atoms with Crippen molar-refractivity contribution in [3.05, 3.63) is 33.8 Å². The van der Waals surface area contributed by atoms with Gasteiger partial charge in [-0.2, -0.15) is 0 Å². The van der Waals surface area contributed by atoms with Gasteiger partial charge in [0.1, 0.15) is 0 Å². The number of benzene rings is 1. The van der Waals surface area contributed by atoms with E-state index in [1.165, 1.54) is 12.8 Å². The van der Waals surface area contributed by atoms with Crippen LogP contribution in [-0.4, -0.2) is 30.6 Å². The van der Waals surface area contributed by atoms with Crippen LogP contribution in [0.2, 0.25) is 10.0 Å². The molecular formula is C16H24Cl2N2. The maximum Gasteiger partial charge on any atom is 0.0637 e. The van der Waals surface area contributed by atoms with E-state index in [9.17, 15) is 0 Å². The van der Waals surface area contributed by atoms with Gasteiger partial charge in [-0.3, -0.25) is 4.90 Å². The lowest BCUT2D eigenvalue weighted by atomic mass is 10.1.